The van der Waals surface area contributed by atoms with Crippen LogP contribution in [0.1, 0.15) is 51.4 Å². The number of carboxylic acid groups (broad SMARTS) is 1. The van der Waals surface area contributed by atoms with Crippen molar-refractivity contribution in [1.29, 1.82) is 0 Å². The van der Waals surface area contributed by atoms with Gasteiger partial charge in [0.05, 0.1) is 11.1 Å². The fraction of sp³-hybridized carbons (Fsp3) is 0.533. The van der Waals surface area contributed by atoms with Gasteiger partial charge in [0.1, 0.15) is 11.0 Å². The molecule has 0 saturated carbocycles. The van der Waals surface area contributed by atoms with Gasteiger partial charge in [0.25, 0.3) is 0 Å². The molecule has 0 radical (unpaired) electrons. The summed E-state index contributed by atoms with van der Waals surface area (Å²) in [5.41, 5.74) is 1.26. The van der Waals surface area contributed by atoms with Crippen LogP contribution in [0.15, 0.2) is 18.2 Å². The number of rotatable bonds is 3. The fourth-order valence-electron chi connectivity index (χ4n) is 2.94. The molecule has 20 heavy (non-hydrogen) atoms. The minimum atomic E-state index is -0.953. The molecular formula is C15H21N3O2. The van der Waals surface area contributed by atoms with Crippen LogP contribution in [-0.2, 0) is 5.54 Å². The first kappa shape index (κ1) is 14.5. The highest BCUT2D eigenvalue weighted by molar-refractivity contribution is 6.00. The Morgan fingerprint density at radius 3 is 2.45 bits per heavy atom. The van der Waals surface area contributed by atoms with E-state index < -0.39 is 5.97 Å². The first-order chi connectivity index (χ1) is 9.12. The Labute approximate surface area is 118 Å². The van der Waals surface area contributed by atoms with Crippen LogP contribution in [0, 0.1) is 5.41 Å². The van der Waals surface area contributed by atoms with Crippen molar-refractivity contribution in [3.05, 3.63) is 23.8 Å². The Kier molecular flexibility index (Phi) is 3.32. The molecule has 0 unspecified atom stereocenters. The summed E-state index contributed by atoms with van der Waals surface area (Å²) in [6.07, 6.45) is 0.867. The van der Waals surface area contributed by atoms with E-state index in [4.69, 9.17) is 0 Å². The number of aromatic carboxylic acids is 1. The Hall–Kier alpha value is -1.91. The predicted molar refractivity (Wildman–Crippen MR) is 77.9 cm³/mol. The number of aromatic nitrogens is 3. The molecular weight excluding hydrogens is 254 g/mol. The number of nitrogens with zero attached hydrogens (tertiary/aromatic N) is 3. The van der Waals surface area contributed by atoms with Crippen molar-refractivity contribution < 1.29 is 9.90 Å². The first-order valence-electron chi connectivity index (χ1n) is 6.70. The normalized spacial score (nSPS) is 12.8. The molecule has 1 N–H and O–H groups in total. The second-order valence-corrected chi connectivity index (χ2v) is 7.03. The maximum Gasteiger partial charge on any atom is 0.337 e. The molecule has 0 amide bonds. The molecule has 0 atom stereocenters. The van der Waals surface area contributed by atoms with Crippen LogP contribution in [-0.4, -0.2) is 26.1 Å². The topological polar surface area (TPSA) is 68.0 Å². The Bertz CT molecular complexity index is 651. The van der Waals surface area contributed by atoms with E-state index in [9.17, 15) is 9.90 Å². The molecule has 0 spiro atoms. The lowest BCUT2D eigenvalue weighted by molar-refractivity contribution is 0.0698. The summed E-state index contributed by atoms with van der Waals surface area (Å²) < 4.78 is 1.75. The highest BCUT2D eigenvalue weighted by Gasteiger charge is 2.31. The van der Waals surface area contributed by atoms with Gasteiger partial charge in [-0.05, 0) is 37.8 Å². The zero-order chi connectivity index (χ0) is 15.1. The van der Waals surface area contributed by atoms with Gasteiger partial charge in [-0.3, -0.25) is 0 Å². The molecule has 5 heteroatoms. The van der Waals surface area contributed by atoms with E-state index in [1.54, 1.807) is 22.9 Å². The van der Waals surface area contributed by atoms with Crippen molar-refractivity contribution in [3.63, 3.8) is 0 Å². The standard InChI is InChI=1S/C15H21N3O2/c1-14(2,3)9-15(4,5)18-12-10(13(19)20)7-6-8-11(12)16-17-18/h6-8H,9H2,1-5H3,(H,19,20). The Morgan fingerprint density at radius 2 is 1.90 bits per heavy atom. The predicted octanol–water partition coefficient (Wildman–Crippen LogP) is 3.30. The van der Waals surface area contributed by atoms with Gasteiger partial charge < -0.3 is 5.11 Å². The van der Waals surface area contributed by atoms with Crippen LogP contribution in [0.5, 0.6) is 0 Å². The highest BCUT2D eigenvalue weighted by atomic mass is 16.4. The van der Waals surface area contributed by atoms with Gasteiger partial charge in [-0.25, -0.2) is 9.48 Å². The summed E-state index contributed by atoms with van der Waals surface area (Å²) in [5, 5.41) is 17.7. The van der Waals surface area contributed by atoms with Crippen LogP contribution < -0.4 is 0 Å². The summed E-state index contributed by atoms with van der Waals surface area (Å²) in [6.45, 7) is 10.6. The average Bonchev–Trinajstić information content (AvgIpc) is 2.69. The zero-order valence-electron chi connectivity index (χ0n) is 12.6. The summed E-state index contributed by atoms with van der Waals surface area (Å²) in [6, 6.07) is 5.08. The van der Waals surface area contributed by atoms with E-state index in [0.717, 1.165) is 6.42 Å². The number of fused-ring (bicyclic) bond motifs is 1. The van der Waals surface area contributed by atoms with Gasteiger partial charge in [0.2, 0.25) is 0 Å². The maximum atomic E-state index is 11.4. The Morgan fingerprint density at radius 1 is 1.25 bits per heavy atom. The van der Waals surface area contributed by atoms with E-state index in [-0.39, 0.29) is 16.5 Å². The molecule has 2 aromatic rings. The third-order valence-corrected chi connectivity index (χ3v) is 3.24. The lowest BCUT2D eigenvalue weighted by Gasteiger charge is -2.32. The smallest absolute Gasteiger partial charge is 0.337 e. The van der Waals surface area contributed by atoms with E-state index in [0.29, 0.717) is 11.0 Å². The molecule has 1 aromatic heterocycles. The molecule has 1 aromatic carbocycles. The number of para-hydroxylation sites is 1. The quantitative estimate of drug-likeness (QED) is 0.933. The third kappa shape index (κ3) is 2.66. The van der Waals surface area contributed by atoms with Gasteiger partial charge in [0, 0.05) is 0 Å². The highest BCUT2D eigenvalue weighted by Crippen LogP contribution is 2.34. The molecule has 0 aliphatic heterocycles. The van der Waals surface area contributed by atoms with Crippen molar-refractivity contribution in [2.24, 2.45) is 5.41 Å². The van der Waals surface area contributed by atoms with Crippen molar-refractivity contribution in [1.82, 2.24) is 15.0 Å². The zero-order valence-corrected chi connectivity index (χ0v) is 12.6. The summed E-state index contributed by atoms with van der Waals surface area (Å²) >= 11 is 0. The van der Waals surface area contributed by atoms with E-state index in [1.165, 1.54) is 0 Å². The van der Waals surface area contributed by atoms with Crippen molar-refractivity contribution >= 4 is 17.0 Å². The number of hydrogen-bond acceptors (Lipinski definition) is 3. The molecule has 0 fully saturated rings. The molecule has 0 aliphatic carbocycles. The number of carboxylic acids is 1. The monoisotopic (exact) mass is 275 g/mol. The lowest BCUT2D eigenvalue weighted by atomic mass is 9.82. The molecule has 2 rings (SSSR count). The minimum Gasteiger partial charge on any atom is -0.478 e. The van der Waals surface area contributed by atoms with Gasteiger partial charge in [-0.1, -0.05) is 32.1 Å². The summed E-state index contributed by atoms with van der Waals surface area (Å²) in [4.78, 5) is 11.4. The third-order valence-electron chi connectivity index (χ3n) is 3.24. The van der Waals surface area contributed by atoms with Crippen LogP contribution in [0.25, 0.3) is 11.0 Å². The molecule has 0 aliphatic rings. The molecule has 5 nitrogen and oxygen atoms in total. The lowest BCUT2D eigenvalue weighted by Crippen LogP contribution is -2.32. The van der Waals surface area contributed by atoms with Crippen LogP contribution in [0.4, 0.5) is 0 Å². The van der Waals surface area contributed by atoms with Crippen LogP contribution >= 0.6 is 0 Å². The number of hydrogen-bond donors (Lipinski definition) is 1. The second kappa shape index (κ2) is 4.58. The van der Waals surface area contributed by atoms with E-state index in [2.05, 4.69) is 44.9 Å². The van der Waals surface area contributed by atoms with E-state index in [1.807, 2.05) is 0 Å². The fourth-order valence-corrected chi connectivity index (χ4v) is 2.94. The summed E-state index contributed by atoms with van der Waals surface area (Å²) in [7, 11) is 0. The minimum absolute atomic E-state index is 0.111. The van der Waals surface area contributed by atoms with Crippen LogP contribution in [0.3, 0.4) is 0 Å². The second-order valence-electron chi connectivity index (χ2n) is 7.03. The van der Waals surface area contributed by atoms with Crippen molar-refractivity contribution in [2.75, 3.05) is 0 Å². The van der Waals surface area contributed by atoms with Gasteiger partial charge in [-0.2, -0.15) is 0 Å². The molecule has 0 bridgehead atoms. The van der Waals surface area contributed by atoms with Gasteiger partial charge in [-0.15, -0.1) is 5.10 Å². The van der Waals surface area contributed by atoms with E-state index >= 15 is 0 Å². The SMILES string of the molecule is CC(C)(C)CC(C)(C)n1nnc2cccc(C(=O)O)c21. The van der Waals surface area contributed by atoms with Gasteiger partial charge in [0.15, 0.2) is 0 Å². The maximum absolute atomic E-state index is 11.4. The van der Waals surface area contributed by atoms with Crippen molar-refractivity contribution in [2.45, 2.75) is 46.6 Å². The number of benzene rings is 1. The first-order valence-corrected chi connectivity index (χ1v) is 6.70. The molecule has 0 saturated heterocycles. The van der Waals surface area contributed by atoms with Crippen molar-refractivity contribution in [3.8, 4) is 0 Å². The summed E-state index contributed by atoms with van der Waals surface area (Å²) in [5.74, 6) is -0.953. The number of carbonyl (C=O) groups is 1. The molecule has 108 valence electrons. The largest absolute Gasteiger partial charge is 0.478 e. The molecule has 1 heterocycles. The van der Waals surface area contributed by atoms with Gasteiger partial charge >= 0.3 is 5.97 Å². The average molecular weight is 275 g/mol. The Balaban J connectivity index is 2.63. The van der Waals surface area contributed by atoms with Crippen LogP contribution in [0.2, 0.25) is 0 Å².